The van der Waals surface area contributed by atoms with Gasteiger partial charge in [0.2, 0.25) is 11.8 Å². The van der Waals surface area contributed by atoms with Crippen molar-refractivity contribution in [2.75, 3.05) is 69.6 Å². The van der Waals surface area contributed by atoms with Gasteiger partial charge in [-0.2, -0.15) is 5.10 Å². The molecular formula is C37H45ClN8O4. The molecule has 0 bridgehead atoms. The van der Waals surface area contributed by atoms with Crippen LogP contribution in [-0.4, -0.2) is 114 Å². The SMILES string of the molecule is Cc1cc(N2CC(N3CCN(C(=O)c4ccc(C5CC(Nc6cnn(C)c(=O)c6Cl)CN(C)C5)cc4)CC3)C2)ccc1C1CCC(=O)NC1=O. The molecule has 3 atom stereocenters. The Hall–Kier alpha value is -4.26. The Morgan fingerprint density at radius 3 is 2.40 bits per heavy atom. The Balaban J connectivity index is 0.890. The molecular weight excluding hydrogens is 656 g/mol. The zero-order valence-electron chi connectivity index (χ0n) is 28.9. The standard InChI is InChI=1S/C37H45ClN8O4/c1-23-16-28(8-9-30(23)31-10-11-33(47)41-35(31)48)46-21-29(22-46)44-12-14-45(15-13-44)36(49)25-6-4-24(5-7-25)26-17-27(20-42(2)19-26)40-32-18-39-43(3)37(50)34(32)38/h4-9,16,18,26-27,29,31,40H,10-15,17,19-22H2,1-3H3,(H,41,47,48). The molecule has 0 aliphatic carbocycles. The van der Waals surface area contributed by atoms with Gasteiger partial charge in [0.05, 0.1) is 17.8 Å². The van der Waals surface area contributed by atoms with E-state index < -0.39 is 0 Å². The van der Waals surface area contributed by atoms with Gasteiger partial charge in [-0.05, 0) is 73.7 Å². The number of imide groups is 1. The van der Waals surface area contributed by atoms with Crippen LogP contribution in [0, 0.1) is 6.92 Å². The monoisotopic (exact) mass is 700 g/mol. The van der Waals surface area contributed by atoms with Crippen molar-refractivity contribution < 1.29 is 14.4 Å². The number of likely N-dealkylation sites (N-methyl/N-ethyl adjacent to an activating group) is 1. The quantitative estimate of drug-likeness (QED) is 0.359. The smallest absolute Gasteiger partial charge is 0.287 e. The second kappa shape index (κ2) is 14.2. The second-order valence-corrected chi connectivity index (χ2v) is 14.7. The number of amides is 3. The predicted molar refractivity (Wildman–Crippen MR) is 193 cm³/mol. The summed E-state index contributed by atoms with van der Waals surface area (Å²) >= 11 is 6.31. The van der Waals surface area contributed by atoms with Gasteiger partial charge in [-0.1, -0.05) is 29.8 Å². The summed E-state index contributed by atoms with van der Waals surface area (Å²) in [6.07, 6.45) is 3.41. The van der Waals surface area contributed by atoms with E-state index >= 15 is 0 Å². The molecule has 3 unspecified atom stereocenters. The minimum Gasteiger partial charge on any atom is -0.378 e. The third-order valence-corrected chi connectivity index (χ3v) is 11.3. The van der Waals surface area contributed by atoms with Crippen LogP contribution >= 0.6 is 11.6 Å². The number of anilines is 2. The highest BCUT2D eigenvalue weighted by molar-refractivity contribution is 6.32. The number of piperidine rings is 2. The van der Waals surface area contributed by atoms with Crippen LogP contribution in [0.5, 0.6) is 0 Å². The first kappa shape index (κ1) is 34.2. The number of benzene rings is 2. The molecule has 0 saturated carbocycles. The largest absolute Gasteiger partial charge is 0.378 e. The van der Waals surface area contributed by atoms with Crippen molar-refractivity contribution in [1.82, 2.24) is 29.8 Å². The Bertz CT molecular complexity index is 1830. The van der Waals surface area contributed by atoms with Crippen molar-refractivity contribution in [3.05, 3.63) is 86.3 Å². The first-order valence-corrected chi connectivity index (χ1v) is 17.9. The highest BCUT2D eigenvalue weighted by atomic mass is 35.5. The summed E-state index contributed by atoms with van der Waals surface area (Å²) in [7, 11) is 3.67. The molecule has 0 radical (unpaired) electrons. The number of carbonyl (C=O) groups excluding carboxylic acids is 3. The Morgan fingerprint density at radius 2 is 1.70 bits per heavy atom. The van der Waals surface area contributed by atoms with Gasteiger partial charge in [-0.15, -0.1) is 0 Å². The molecule has 4 aliphatic heterocycles. The summed E-state index contributed by atoms with van der Waals surface area (Å²) in [6.45, 7) is 8.76. The number of nitrogens with zero attached hydrogens (tertiary/aromatic N) is 6. The molecule has 1 aromatic heterocycles. The number of hydrogen-bond acceptors (Lipinski definition) is 9. The van der Waals surface area contributed by atoms with E-state index in [0.717, 1.165) is 62.5 Å². The van der Waals surface area contributed by atoms with Gasteiger partial charge in [0.25, 0.3) is 11.5 Å². The number of halogens is 1. The zero-order chi connectivity index (χ0) is 35.1. The number of nitrogens with one attached hydrogen (secondary N) is 2. The van der Waals surface area contributed by atoms with Gasteiger partial charge >= 0.3 is 0 Å². The lowest BCUT2D eigenvalue weighted by atomic mass is 9.87. The van der Waals surface area contributed by atoms with Crippen molar-refractivity contribution in [1.29, 1.82) is 0 Å². The van der Waals surface area contributed by atoms with E-state index in [2.05, 4.69) is 61.7 Å². The topological polar surface area (TPSA) is 123 Å². The minimum absolute atomic E-state index is 0.0751. The van der Waals surface area contributed by atoms with Crippen molar-refractivity contribution >= 4 is 40.7 Å². The summed E-state index contributed by atoms with van der Waals surface area (Å²) < 4.78 is 1.23. The number of aryl methyl sites for hydroxylation is 2. The van der Waals surface area contributed by atoms with Crippen LogP contribution in [0.15, 0.2) is 53.5 Å². The third kappa shape index (κ3) is 7.01. The molecule has 3 aromatic rings. The van der Waals surface area contributed by atoms with Crippen LogP contribution in [0.2, 0.25) is 5.02 Å². The molecule has 12 nitrogen and oxygen atoms in total. The Kier molecular flexibility index (Phi) is 9.69. The van der Waals surface area contributed by atoms with Crippen LogP contribution in [0.1, 0.15) is 58.1 Å². The Labute approximate surface area is 297 Å². The van der Waals surface area contributed by atoms with Crippen LogP contribution in [0.4, 0.5) is 11.4 Å². The van der Waals surface area contributed by atoms with Crippen molar-refractivity contribution in [2.24, 2.45) is 7.05 Å². The van der Waals surface area contributed by atoms with Crippen LogP contribution in [0.3, 0.4) is 0 Å². The van der Waals surface area contributed by atoms with Gasteiger partial charge in [-0.3, -0.25) is 29.4 Å². The molecule has 7 rings (SSSR count). The summed E-state index contributed by atoms with van der Waals surface area (Å²) in [6, 6.07) is 14.9. The maximum atomic E-state index is 13.5. The number of aromatic nitrogens is 2. The summed E-state index contributed by atoms with van der Waals surface area (Å²) in [5, 5.41) is 10.2. The van der Waals surface area contributed by atoms with E-state index in [1.54, 1.807) is 13.2 Å². The van der Waals surface area contributed by atoms with Crippen molar-refractivity contribution in [2.45, 2.75) is 50.1 Å². The fourth-order valence-corrected chi connectivity index (χ4v) is 8.23. The molecule has 5 heterocycles. The molecule has 2 N–H and O–H groups in total. The predicted octanol–water partition coefficient (Wildman–Crippen LogP) is 2.81. The minimum atomic E-state index is -0.323. The molecule has 4 saturated heterocycles. The van der Waals surface area contributed by atoms with E-state index in [1.165, 1.54) is 10.2 Å². The fourth-order valence-electron chi connectivity index (χ4n) is 8.00. The lowest BCUT2D eigenvalue weighted by Gasteiger charge is -2.49. The number of likely N-dealkylation sites (tertiary alicyclic amines) is 1. The van der Waals surface area contributed by atoms with Crippen LogP contribution < -0.4 is 21.1 Å². The average molecular weight is 701 g/mol. The number of piperazine rings is 1. The fraction of sp³-hybridized carbons (Fsp3) is 0.486. The molecule has 4 aliphatic rings. The number of rotatable bonds is 7. The van der Waals surface area contributed by atoms with E-state index in [0.29, 0.717) is 43.2 Å². The molecule has 50 heavy (non-hydrogen) atoms. The average Bonchev–Trinajstić information content (AvgIpc) is 3.08. The highest BCUT2D eigenvalue weighted by Crippen LogP contribution is 2.33. The van der Waals surface area contributed by atoms with Gasteiger partial charge in [0.1, 0.15) is 5.02 Å². The Morgan fingerprint density at radius 1 is 0.960 bits per heavy atom. The van der Waals surface area contributed by atoms with E-state index in [4.69, 9.17) is 11.6 Å². The van der Waals surface area contributed by atoms with Crippen LogP contribution in [0.25, 0.3) is 0 Å². The molecule has 2 aromatic carbocycles. The normalized spacial score (nSPS) is 23.8. The first-order valence-electron chi connectivity index (χ1n) is 17.5. The maximum Gasteiger partial charge on any atom is 0.287 e. The summed E-state index contributed by atoms with van der Waals surface area (Å²) in [5.41, 5.74) is 5.36. The van der Waals surface area contributed by atoms with Crippen molar-refractivity contribution in [3.63, 3.8) is 0 Å². The lowest BCUT2D eigenvalue weighted by Crippen LogP contribution is -2.63. The van der Waals surface area contributed by atoms with E-state index in [-0.39, 0.29) is 46.2 Å². The molecule has 3 amide bonds. The van der Waals surface area contributed by atoms with Crippen LogP contribution in [-0.2, 0) is 16.6 Å². The molecule has 13 heteroatoms. The summed E-state index contributed by atoms with van der Waals surface area (Å²) in [4.78, 5) is 58.8. The molecule has 4 fully saturated rings. The van der Waals surface area contributed by atoms with Gasteiger partial charge < -0.3 is 20.0 Å². The van der Waals surface area contributed by atoms with Gasteiger partial charge in [-0.25, -0.2) is 4.68 Å². The van der Waals surface area contributed by atoms with Gasteiger partial charge in [0.15, 0.2) is 0 Å². The maximum absolute atomic E-state index is 13.5. The second-order valence-electron chi connectivity index (χ2n) is 14.3. The van der Waals surface area contributed by atoms with E-state index in [1.807, 2.05) is 30.0 Å². The summed E-state index contributed by atoms with van der Waals surface area (Å²) in [5.74, 6) is -0.313. The van der Waals surface area contributed by atoms with E-state index in [9.17, 15) is 19.2 Å². The number of carbonyl (C=O) groups is 3. The highest BCUT2D eigenvalue weighted by Gasteiger charge is 2.36. The lowest BCUT2D eigenvalue weighted by molar-refractivity contribution is -0.134. The third-order valence-electron chi connectivity index (χ3n) is 10.9. The zero-order valence-corrected chi connectivity index (χ0v) is 29.7. The molecule has 0 spiro atoms. The van der Waals surface area contributed by atoms with Crippen molar-refractivity contribution in [3.8, 4) is 0 Å². The molecule has 264 valence electrons. The first-order chi connectivity index (χ1) is 24.0. The number of hydrogen-bond donors (Lipinski definition) is 2. The van der Waals surface area contributed by atoms with Gasteiger partial charge in [0, 0.05) is 89.2 Å².